The predicted octanol–water partition coefficient (Wildman–Crippen LogP) is 3.44. The molecular formula is C17H25N3O2. The van der Waals surface area contributed by atoms with Crippen LogP contribution in [-0.4, -0.2) is 23.3 Å². The summed E-state index contributed by atoms with van der Waals surface area (Å²) in [5, 5.41) is 10.6. The van der Waals surface area contributed by atoms with E-state index in [1.807, 2.05) is 26.2 Å². The van der Waals surface area contributed by atoms with Crippen LogP contribution >= 0.6 is 0 Å². The summed E-state index contributed by atoms with van der Waals surface area (Å²) in [4.78, 5) is 0. The topological polar surface area (TPSA) is 63.1 Å². The van der Waals surface area contributed by atoms with Crippen molar-refractivity contribution in [3.63, 3.8) is 0 Å². The average Bonchev–Trinajstić information content (AvgIpc) is 3.15. The number of nitrogens with one attached hydrogen (secondary N) is 2. The third kappa shape index (κ3) is 3.25. The van der Waals surface area contributed by atoms with E-state index in [1.165, 1.54) is 12.0 Å². The molecule has 3 heterocycles. The third-order valence-corrected chi connectivity index (χ3v) is 4.52. The van der Waals surface area contributed by atoms with E-state index >= 15 is 0 Å². The van der Waals surface area contributed by atoms with Gasteiger partial charge in [0.05, 0.1) is 12.3 Å². The van der Waals surface area contributed by atoms with E-state index in [1.54, 1.807) is 0 Å². The van der Waals surface area contributed by atoms with Crippen molar-refractivity contribution in [3.05, 3.63) is 41.1 Å². The summed E-state index contributed by atoms with van der Waals surface area (Å²) in [5.74, 6) is 2.45. The lowest BCUT2D eigenvalue weighted by Gasteiger charge is -2.32. The Hall–Kier alpha value is -1.59. The molecular weight excluding hydrogens is 278 g/mol. The predicted molar refractivity (Wildman–Crippen MR) is 84.6 cm³/mol. The maximum atomic E-state index is 5.98. The second-order valence-electron chi connectivity index (χ2n) is 6.22. The number of hydrogen-bond acceptors (Lipinski definition) is 4. The molecule has 0 bridgehead atoms. The highest BCUT2D eigenvalue weighted by Crippen LogP contribution is 2.33. The van der Waals surface area contributed by atoms with Crippen molar-refractivity contribution in [1.29, 1.82) is 0 Å². The Labute approximate surface area is 131 Å². The zero-order valence-corrected chi connectivity index (χ0v) is 13.6. The van der Waals surface area contributed by atoms with Crippen molar-refractivity contribution in [3.8, 4) is 0 Å². The summed E-state index contributed by atoms with van der Waals surface area (Å²) >= 11 is 0. The maximum Gasteiger partial charge on any atom is 0.105 e. The van der Waals surface area contributed by atoms with Gasteiger partial charge in [-0.3, -0.25) is 5.10 Å². The highest BCUT2D eigenvalue weighted by molar-refractivity contribution is 5.23. The van der Waals surface area contributed by atoms with Gasteiger partial charge in [0.25, 0.3) is 0 Å². The number of rotatable bonds is 5. The van der Waals surface area contributed by atoms with Gasteiger partial charge in [-0.25, -0.2) is 0 Å². The fourth-order valence-electron chi connectivity index (χ4n) is 3.36. The Balaban J connectivity index is 1.63. The van der Waals surface area contributed by atoms with Gasteiger partial charge in [0, 0.05) is 42.4 Å². The minimum absolute atomic E-state index is 0.138. The van der Waals surface area contributed by atoms with Crippen molar-refractivity contribution in [2.24, 2.45) is 5.92 Å². The lowest BCUT2D eigenvalue weighted by atomic mass is 9.90. The van der Waals surface area contributed by atoms with E-state index in [9.17, 15) is 0 Å². The molecule has 22 heavy (non-hydrogen) atoms. The number of ether oxygens (including phenoxy) is 1. The quantitative estimate of drug-likeness (QED) is 0.888. The molecule has 1 unspecified atom stereocenters. The van der Waals surface area contributed by atoms with Gasteiger partial charge in [0.1, 0.15) is 11.5 Å². The van der Waals surface area contributed by atoms with Crippen LogP contribution in [0, 0.1) is 19.8 Å². The van der Waals surface area contributed by atoms with Crippen LogP contribution in [0.15, 0.2) is 22.9 Å². The lowest BCUT2D eigenvalue weighted by Crippen LogP contribution is -2.33. The Morgan fingerprint density at radius 3 is 3.00 bits per heavy atom. The first kappa shape index (κ1) is 15.3. The molecule has 0 aliphatic carbocycles. The second-order valence-corrected chi connectivity index (χ2v) is 6.22. The Kier molecular flexibility index (Phi) is 4.64. The molecule has 1 saturated heterocycles. The highest BCUT2D eigenvalue weighted by atomic mass is 16.5. The number of nitrogens with zero attached hydrogens (tertiary/aromatic N) is 1. The normalized spacial score (nSPS) is 23.6. The van der Waals surface area contributed by atoms with Gasteiger partial charge in [0.2, 0.25) is 0 Å². The van der Waals surface area contributed by atoms with Crippen molar-refractivity contribution in [2.45, 2.75) is 45.8 Å². The van der Waals surface area contributed by atoms with Crippen LogP contribution in [0.5, 0.6) is 0 Å². The van der Waals surface area contributed by atoms with E-state index in [0.717, 1.165) is 36.7 Å². The van der Waals surface area contributed by atoms with Gasteiger partial charge < -0.3 is 14.5 Å². The van der Waals surface area contributed by atoms with E-state index in [-0.39, 0.29) is 12.1 Å². The van der Waals surface area contributed by atoms with Gasteiger partial charge in [-0.1, -0.05) is 0 Å². The summed E-state index contributed by atoms with van der Waals surface area (Å²) in [6, 6.07) is 2.40. The van der Waals surface area contributed by atoms with Crippen LogP contribution in [0.3, 0.4) is 0 Å². The van der Waals surface area contributed by atoms with E-state index in [2.05, 4.69) is 28.5 Å². The second kappa shape index (κ2) is 6.67. The minimum Gasteiger partial charge on any atom is -0.466 e. The van der Waals surface area contributed by atoms with E-state index in [0.29, 0.717) is 5.92 Å². The summed E-state index contributed by atoms with van der Waals surface area (Å²) in [5.41, 5.74) is 2.39. The number of aromatic nitrogens is 2. The lowest BCUT2D eigenvalue weighted by molar-refractivity contribution is -0.0283. The number of aromatic amines is 1. The standard InChI is InChI=1S/C17H25N3O2/c1-11-7-16(13(3)22-11)12(2)18-8-14-5-4-6-21-17(14)15-9-19-20-10-15/h7,9-10,12,14,17-18H,4-6,8H2,1-3H3,(H,19,20)/t12?,14-,17+/m0/s1. The fourth-order valence-corrected chi connectivity index (χ4v) is 3.36. The van der Waals surface area contributed by atoms with Crippen LogP contribution in [0.25, 0.3) is 0 Å². The maximum absolute atomic E-state index is 5.98. The van der Waals surface area contributed by atoms with Crippen molar-refractivity contribution < 1.29 is 9.15 Å². The molecule has 0 amide bonds. The van der Waals surface area contributed by atoms with Gasteiger partial charge in [-0.15, -0.1) is 0 Å². The SMILES string of the molecule is Cc1cc(C(C)NC[C@@H]2CCCO[C@H]2c2cn[nH]c2)c(C)o1. The first-order valence-electron chi connectivity index (χ1n) is 8.05. The summed E-state index contributed by atoms with van der Waals surface area (Å²) < 4.78 is 11.6. The molecule has 0 saturated carbocycles. The smallest absolute Gasteiger partial charge is 0.105 e. The first-order chi connectivity index (χ1) is 10.6. The molecule has 1 fully saturated rings. The molecule has 2 aromatic heterocycles. The summed E-state index contributed by atoms with van der Waals surface area (Å²) in [6.07, 6.45) is 6.25. The number of hydrogen-bond donors (Lipinski definition) is 2. The molecule has 0 aromatic carbocycles. The highest BCUT2D eigenvalue weighted by Gasteiger charge is 2.28. The molecule has 3 rings (SSSR count). The Morgan fingerprint density at radius 2 is 2.32 bits per heavy atom. The van der Waals surface area contributed by atoms with Gasteiger partial charge in [-0.05, 0) is 39.7 Å². The van der Waals surface area contributed by atoms with Crippen molar-refractivity contribution in [2.75, 3.05) is 13.2 Å². The zero-order valence-electron chi connectivity index (χ0n) is 13.6. The van der Waals surface area contributed by atoms with Crippen molar-refractivity contribution >= 4 is 0 Å². The van der Waals surface area contributed by atoms with Gasteiger partial charge >= 0.3 is 0 Å². The molecule has 1 aliphatic rings. The molecule has 0 radical (unpaired) electrons. The molecule has 5 nitrogen and oxygen atoms in total. The molecule has 1 aliphatic heterocycles. The molecule has 3 atom stereocenters. The summed E-state index contributed by atoms with van der Waals surface area (Å²) in [6.45, 7) is 7.97. The molecule has 0 spiro atoms. The average molecular weight is 303 g/mol. The van der Waals surface area contributed by atoms with E-state index in [4.69, 9.17) is 9.15 Å². The number of aryl methyl sites for hydroxylation is 2. The fraction of sp³-hybridized carbons (Fsp3) is 0.588. The van der Waals surface area contributed by atoms with Gasteiger partial charge in [-0.2, -0.15) is 5.10 Å². The van der Waals surface area contributed by atoms with Crippen LogP contribution in [-0.2, 0) is 4.74 Å². The van der Waals surface area contributed by atoms with Crippen LogP contribution in [0.4, 0.5) is 0 Å². The molecule has 2 aromatic rings. The molecule has 120 valence electrons. The van der Waals surface area contributed by atoms with Gasteiger partial charge in [0.15, 0.2) is 0 Å². The largest absolute Gasteiger partial charge is 0.466 e. The molecule has 5 heteroatoms. The minimum atomic E-state index is 0.138. The third-order valence-electron chi connectivity index (χ3n) is 4.52. The first-order valence-corrected chi connectivity index (χ1v) is 8.05. The zero-order chi connectivity index (χ0) is 15.5. The Morgan fingerprint density at radius 1 is 1.45 bits per heavy atom. The van der Waals surface area contributed by atoms with E-state index < -0.39 is 0 Å². The Bertz CT molecular complexity index is 591. The van der Waals surface area contributed by atoms with Crippen LogP contribution in [0.2, 0.25) is 0 Å². The molecule has 2 N–H and O–H groups in total. The number of H-pyrrole nitrogens is 1. The van der Waals surface area contributed by atoms with Crippen LogP contribution in [0.1, 0.15) is 54.6 Å². The van der Waals surface area contributed by atoms with Crippen LogP contribution < -0.4 is 5.32 Å². The monoisotopic (exact) mass is 303 g/mol. The van der Waals surface area contributed by atoms with Crippen molar-refractivity contribution in [1.82, 2.24) is 15.5 Å². The summed E-state index contributed by atoms with van der Waals surface area (Å²) in [7, 11) is 0. The number of furan rings is 1.